The predicted octanol–water partition coefficient (Wildman–Crippen LogP) is 3.43. The van der Waals surface area contributed by atoms with E-state index in [-0.39, 0.29) is 17.0 Å². The summed E-state index contributed by atoms with van der Waals surface area (Å²) < 4.78 is 28.0. The van der Waals surface area contributed by atoms with Gasteiger partial charge in [-0.2, -0.15) is 0 Å². The van der Waals surface area contributed by atoms with E-state index in [1.807, 2.05) is 32.0 Å². The zero-order valence-electron chi connectivity index (χ0n) is 14.5. The smallest absolute Gasteiger partial charge is 0.251 e. The Morgan fingerprint density at radius 2 is 1.69 bits per heavy atom. The molecule has 0 saturated heterocycles. The standard InChI is InChI=1S/C19H19BrN2O3S/c1-12-3-4-13(2)18-17(12)11-14(19(23)22-18)9-10-21-26(24,25)16-7-5-15(20)6-8-16/h3-8,11,21H,9-10H2,1-2H3,(H,22,23). The van der Waals surface area contributed by atoms with Gasteiger partial charge in [0.05, 0.1) is 10.4 Å². The summed E-state index contributed by atoms with van der Waals surface area (Å²) in [7, 11) is -3.60. The van der Waals surface area contributed by atoms with Gasteiger partial charge in [-0.1, -0.05) is 28.1 Å². The molecule has 26 heavy (non-hydrogen) atoms. The van der Waals surface area contributed by atoms with Gasteiger partial charge in [0, 0.05) is 22.0 Å². The van der Waals surface area contributed by atoms with Crippen molar-refractivity contribution in [3.05, 3.63) is 74.0 Å². The number of H-pyrrole nitrogens is 1. The van der Waals surface area contributed by atoms with Crippen molar-refractivity contribution in [1.29, 1.82) is 0 Å². The first-order valence-corrected chi connectivity index (χ1v) is 10.4. The normalized spacial score (nSPS) is 11.8. The van der Waals surface area contributed by atoms with Crippen LogP contribution in [0.5, 0.6) is 0 Å². The SMILES string of the molecule is Cc1ccc(C)c2[nH]c(=O)c(CCNS(=O)(=O)c3ccc(Br)cc3)cc12. The van der Waals surface area contributed by atoms with E-state index in [1.165, 1.54) is 12.1 Å². The van der Waals surface area contributed by atoms with Gasteiger partial charge >= 0.3 is 0 Å². The summed E-state index contributed by atoms with van der Waals surface area (Å²) in [6.45, 7) is 4.09. The highest BCUT2D eigenvalue weighted by Crippen LogP contribution is 2.20. The molecule has 0 saturated carbocycles. The van der Waals surface area contributed by atoms with Crippen LogP contribution in [0.15, 0.2) is 56.6 Å². The van der Waals surface area contributed by atoms with Crippen molar-refractivity contribution in [3.8, 4) is 0 Å². The van der Waals surface area contributed by atoms with Crippen molar-refractivity contribution in [3.63, 3.8) is 0 Å². The number of pyridine rings is 1. The summed E-state index contributed by atoms with van der Waals surface area (Å²) in [5.74, 6) is 0. The van der Waals surface area contributed by atoms with E-state index in [1.54, 1.807) is 12.1 Å². The van der Waals surface area contributed by atoms with Crippen LogP contribution in [0.25, 0.3) is 10.9 Å². The summed E-state index contributed by atoms with van der Waals surface area (Å²) >= 11 is 3.28. The Morgan fingerprint density at radius 1 is 1.04 bits per heavy atom. The zero-order chi connectivity index (χ0) is 18.9. The monoisotopic (exact) mass is 434 g/mol. The van der Waals surface area contributed by atoms with Crippen LogP contribution in [0.1, 0.15) is 16.7 Å². The van der Waals surface area contributed by atoms with Crippen LogP contribution in [0, 0.1) is 13.8 Å². The number of aromatic nitrogens is 1. The highest BCUT2D eigenvalue weighted by Gasteiger charge is 2.14. The summed E-state index contributed by atoms with van der Waals surface area (Å²) in [4.78, 5) is 15.4. The number of aromatic amines is 1. The average Bonchev–Trinajstić information content (AvgIpc) is 2.59. The van der Waals surface area contributed by atoms with Gasteiger partial charge in [-0.05, 0) is 61.7 Å². The molecule has 2 N–H and O–H groups in total. The molecule has 7 heteroatoms. The Morgan fingerprint density at radius 3 is 2.38 bits per heavy atom. The fraction of sp³-hybridized carbons (Fsp3) is 0.211. The van der Waals surface area contributed by atoms with Crippen LogP contribution in [0.2, 0.25) is 0 Å². The Bertz CT molecular complexity index is 1120. The van der Waals surface area contributed by atoms with Crippen LogP contribution < -0.4 is 10.3 Å². The zero-order valence-corrected chi connectivity index (χ0v) is 16.9. The van der Waals surface area contributed by atoms with Gasteiger partial charge in [-0.15, -0.1) is 0 Å². The molecule has 0 fully saturated rings. The number of aryl methyl sites for hydroxylation is 2. The predicted molar refractivity (Wildman–Crippen MR) is 107 cm³/mol. The molecule has 3 rings (SSSR count). The van der Waals surface area contributed by atoms with Crippen LogP contribution >= 0.6 is 15.9 Å². The lowest BCUT2D eigenvalue weighted by Crippen LogP contribution is -2.27. The first kappa shape index (κ1) is 18.8. The van der Waals surface area contributed by atoms with Gasteiger partial charge in [0.15, 0.2) is 0 Å². The summed E-state index contributed by atoms with van der Waals surface area (Å²) in [5.41, 5.74) is 3.27. The first-order valence-electron chi connectivity index (χ1n) is 8.15. The van der Waals surface area contributed by atoms with Crippen LogP contribution in [-0.4, -0.2) is 19.9 Å². The largest absolute Gasteiger partial charge is 0.321 e. The number of rotatable bonds is 5. The van der Waals surface area contributed by atoms with Gasteiger partial charge in [0.25, 0.3) is 5.56 Å². The molecule has 2 aromatic carbocycles. The molecule has 0 amide bonds. The topological polar surface area (TPSA) is 79.0 Å². The number of fused-ring (bicyclic) bond motifs is 1. The molecular weight excluding hydrogens is 416 g/mol. The maximum atomic E-state index is 12.3. The molecule has 136 valence electrons. The quantitative estimate of drug-likeness (QED) is 0.645. The third kappa shape index (κ3) is 3.90. The minimum atomic E-state index is -3.60. The number of hydrogen-bond donors (Lipinski definition) is 2. The lowest BCUT2D eigenvalue weighted by atomic mass is 10.0. The van der Waals surface area contributed by atoms with Gasteiger partial charge < -0.3 is 4.98 Å². The van der Waals surface area contributed by atoms with Crippen LogP contribution in [0.4, 0.5) is 0 Å². The van der Waals surface area contributed by atoms with Crippen molar-refractivity contribution in [2.75, 3.05) is 6.54 Å². The van der Waals surface area contributed by atoms with Crippen molar-refractivity contribution in [1.82, 2.24) is 9.71 Å². The Hall–Kier alpha value is -1.96. The number of hydrogen-bond acceptors (Lipinski definition) is 3. The van der Waals surface area contributed by atoms with Gasteiger partial charge in [-0.3, -0.25) is 4.79 Å². The maximum Gasteiger partial charge on any atom is 0.251 e. The molecule has 0 radical (unpaired) electrons. The van der Waals surface area contributed by atoms with E-state index in [9.17, 15) is 13.2 Å². The second kappa shape index (κ2) is 7.34. The summed E-state index contributed by atoms with van der Waals surface area (Å²) in [6, 6.07) is 12.2. The minimum Gasteiger partial charge on any atom is -0.321 e. The molecule has 0 aliphatic rings. The molecule has 0 spiro atoms. The third-order valence-electron chi connectivity index (χ3n) is 4.33. The molecular formula is C19H19BrN2O3S. The summed E-state index contributed by atoms with van der Waals surface area (Å²) in [5, 5.41) is 0.982. The number of halogens is 1. The molecule has 5 nitrogen and oxygen atoms in total. The summed E-state index contributed by atoms with van der Waals surface area (Å²) in [6.07, 6.45) is 0.314. The molecule has 0 aliphatic carbocycles. The fourth-order valence-electron chi connectivity index (χ4n) is 2.82. The minimum absolute atomic E-state index is 0.151. The highest BCUT2D eigenvalue weighted by molar-refractivity contribution is 9.10. The molecule has 3 aromatic rings. The molecule has 1 aromatic heterocycles. The van der Waals surface area contributed by atoms with Gasteiger partial charge in [0.1, 0.15) is 0 Å². The van der Waals surface area contributed by atoms with Crippen molar-refractivity contribution in [2.45, 2.75) is 25.2 Å². The number of benzene rings is 2. The van der Waals surface area contributed by atoms with E-state index < -0.39 is 10.0 Å². The molecule has 0 unspecified atom stereocenters. The molecule has 1 heterocycles. The lowest BCUT2D eigenvalue weighted by molar-refractivity contribution is 0.581. The Kier molecular flexibility index (Phi) is 5.32. The van der Waals surface area contributed by atoms with Crippen LogP contribution in [-0.2, 0) is 16.4 Å². The average molecular weight is 435 g/mol. The second-order valence-electron chi connectivity index (χ2n) is 6.21. The fourth-order valence-corrected chi connectivity index (χ4v) is 4.12. The van der Waals surface area contributed by atoms with Gasteiger partial charge in [-0.25, -0.2) is 13.1 Å². The number of sulfonamides is 1. The van der Waals surface area contributed by atoms with Crippen molar-refractivity contribution in [2.24, 2.45) is 0 Å². The molecule has 0 bridgehead atoms. The van der Waals surface area contributed by atoms with Crippen LogP contribution in [0.3, 0.4) is 0 Å². The number of nitrogens with one attached hydrogen (secondary N) is 2. The Labute approximate surface area is 160 Å². The maximum absolute atomic E-state index is 12.3. The van der Waals surface area contributed by atoms with Crippen molar-refractivity contribution < 1.29 is 8.42 Å². The van der Waals surface area contributed by atoms with E-state index >= 15 is 0 Å². The van der Waals surface area contributed by atoms with E-state index in [4.69, 9.17) is 0 Å². The van der Waals surface area contributed by atoms with E-state index in [2.05, 4.69) is 25.6 Å². The second-order valence-corrected chi connectivity index (χ2v) is 8.90. The lowest BCUT2D eigenvalue weighted by Gasteiger charge is -2.09. The Balaban J connectivity index is 1.80. The third-order valence-corrected chi connectivity index (χ3v) is 6.34. The first-order chi connectivity index (χ1) is 12.3. The van der Waals surface area contributed by atoms with E-state index in [0.29, 0.717) is 12.0 Å². The van der Waals surface area contributed by atoms with Gasteiger partial charge in [0.2, 0.25) is 10.0 Å². The molecule has 0 aliphatic heterocycles. The highest BCUT2D eigenvalue weighted by atomic mass is 79.9. The van der Waals surface area contributed by atoms with Crippen molar-refractivity contribution >= 4 is 36.9 Å². The van der Waals surface area contributed by atoms with E-state index in [0.717, 1.165) is 26.5 Å². The molecule has 0 atom stereocenters.